The molecule has 0 aliphatic carbocycles. The van der Waals surface area contributed by atoms with Gasteiger partial charge in [0.25, 0.3) is 11.8 Å². The van der Waals surface area contributed by atoms with Crippen molar-refractivity contribution in [3.63, 3.8) is 0 Å². The third kappa shape index (κ3) is 5.92. The third-order valence-corrected chi connectivity index (χ3v) is 5.96. The summed E-state index contributed by atoms with van der Waals surface area (Å²) >= 11 is 6.09. The Morgan fingerprint density at radius 2 is 1.81 bits per heavy atom. The van der Waals surface area contributed by atoms with Crippen molar-refractivity contribution >= 4 is 29.1 Å². The molecule has 0 unspecified atom stereocenters. The number of piperazine rings is 1. The van der Waals surface area contributed by atoms with Crippen molar-refractivity contribution in [2.24, 2.45) is 5.92 Å². The van der Waals surface area contributed by atoms with Gasteiger partial charge in [0, 0.05) is 13.1 Å². The molecule has 1 aromatic carbocycles. The molecule has 0 aromatic heterocycles. The lowest BCUT2D eigenvalue weighted by Crippen LogP contribution is -3.28. The number of para-hydroxylation sites is 1. The minimum absolute atomic E-state index is 0.0140. The first kappa shape index (κ1) is 20.1. The summed E-state index contributed by atoms with van der Waals surface area (Å²) in [6.45, 7) is 8.77. The monoisotopic (exact) mass is 394 g/mol. The zero-order valence-corrected chi connectivity index (χ0v) is 16.9. The quantitative estimate of drug-likeness (QED) is 0.620. The van der Waals surface area contributed by atoms with E-state index in [9.17, 15) is 9.59 Å². The van der Waals surface area contributed by atoms with E-state index in [0.29, 0.717) is 29.7 Å². The van der Waals surface area contributed by atoms with Gasteiger partial charge in [-0.05, 0) is 30.9 Å². The highest BCUT2D eigenvalue weighted by atomic mass is 35.5. The second kappa shape index (κ2) is 9.53. The average Bonchev–Trinajstić information content (AvgIpc) is 2.65. The van der Waals surface area contributed by atoms with Crippen molar-refractivity contribution in [2.75, 3.05) is 57.7 Å². The predicted octanol–water partition coefficient (Wildman–Crippen LogP) is -0.680. The summed E-state index contributed by atoms with van der Waals surface area (Å²) in [4.78, 5) is 29.4. The molecule has 6 nitrogen and oxygen atoms in total. The van der Waals surface area contributed by atoms with Crippen molar-refractivity contribution in [3.8, 4) is 0 Å². The number of halogens is 1. The highest BCUT2D eigenvalue weighted by Gasteiger charge is 2.29. The molecule has 3 rings (SSSR count). The number of piperidine rings is 1. The Morgan fingerprint density at radius 3 is 2.48 bits per heavy atom. The SMILES string of the molecule is C[C@@H]1CCCN(C(=O)C[NH+]2CC[NH+](CC(=O)Nc3ccccc3Cl)CC2)C1. The smallest absolute Gasteiger partial charge is 0.279 e. The summed E-state index contributed by atoms with van der Waals surface area (Å²) < 4.78 is 0. The number of rotatable bonds is 5. The highest BCUT2D eigenvalue weighted by Crippen LogP contribution is 2.19. The highest BCUT2D eigenvalue weighted by molar-refractivity contribution is 6.33. The minimum Gasteiger partial charge on any atom is -0.338 e. The van der Waals surface area contributed by atoms with E-state index in [1.54, 1.807) is 6.07 Å². The molecule has 0 saturated carbocycles. The van der Waals surface area contributed by atoms with Crippen molar-refractivity contribution in [3.05, 3.63) is 29.3 Å². The van der Waals surface area contributed by atoms with Crippen LogP contribution in [0.3, 0.4) is 0 Å². The summed E-state index contributed by atoms with van der Waals surface area (Å²) in [7, 11) is 0. The number of carbonyl (C=O) groups excluding carboxylic acids is 2. The van der Waals surface area contributed by atoms with Gasteiger partial charge in [0.15, 0.2) is 13.1 Å². The fraction of sp³-hybridized carbons (Fsp3) is 0.600. The second-order valence-corrected chi connectivity index (χ2v) is 8.38. The predicted molar refractivity (Wildman–Crippen MR) is 106 cm³/mol. The Kier molecular flexibility index (Phi) is 7.10. The van der Waals surface area contributed by atoms with E-state index in [-0.39, 0.29) is 11.8 Å². The molecule has 3 N–H and O–H groups in total. The number of likely N-dealkylation sites (tertiary alicyclic amines) is 1. The number of anilines is 1. The average molecular weight is 395 g/mol. The third-order valence-electron chi connectivity index (χ3n) is 5.63. The van der Waals surface area contributed by atoms with Gasteiger partial charge in [0.05, 0.1) is 10.7 Å². The maximum absolute atomic E-state index is 12.5. The van der Waals surface area contributed by atoms with Crippen molar-refractivity contribution in [1.29, 1.82) is 0 Å². The van der Waals surface area contributed by atoms with Crippen LogP contribution >= 0.6 is 11.6 Å². The Morgan fingerprint density at radius 1 is 1.15 bits per heavy atom. The van der Waals surface area contributed by atoms with Crippen LogP contribution in [0.1, 0.15) is 19.8 Å². The summed E-state index contributed by atoms with van der Waals surface area (Å²) in [5, 5.41) is 3.44. The van der Waals surface area contributed by atoms with E-state index in [0.717, 1.165) is 45.7 Å². The lowest BCUT2D eigenvalue weighted by atomic mass is 10.0. The van der Waals surface area contributed by atoms with Gasteiger partial charge < -0.3 is 20.0 Å². The topological polar surface area (TPSA) is 58.3 Å². The number of hydrogen-bond donors (Lipinski definition) is 3. The molecule has 2 aliphatic rings. The molecule has 7 heteroatoms. The molecule has 0 radical (unpaired) electrons. The molecule has 27 heavy (non-hydrogen) atoms. The summed E-state index contributed by atoms with van der Waals surface area (Å²) in [6, 6.07) is 7.28. The van der Waals surface area contributed by atoms with Crippen LogP contribution in [0.2, 0.25) is 5.02 Å². The van der Waals surface area contributed by atoms with Gasteiger partial charge in [-0.3, -0.25) is 9.59 Å². The van der Waals surface area contributed by atoms with Crippen molar-refractivity contribution in [2.45, 2.75) is 19.8 Å². The number of benzene rings is 1. The minimum atomic E-state index is -0.0140. The molecule has 1 atom stereocenters. The van der Waals surface area contributed by atoms with E-state index in [1.165, 1.54) is 16.2 Å². The maximum Gasteiger partial charge on any atom is 0.279 e. The van der Waals surface area contributed by atoms with Crippen LogP contribution in [0.15, 0.2) is 24.3 Å². The van der Waals surface area contributed by atoms with E-state index in [4.69, 9.17) is 11.6 Å². The zero-order chi connectivity index (χ0) is 19.2. The Hall–Kier alpha value is -1.63. The fourth-order valence-electron chi connectivity index (χ4n) is 4.04. The maximum atomic E-state index is 12.5. The first-order valence-corrected chi connectivity index (χ1v) is 10.4. The van der Waals surface area contributed by atoms with Gasteiger partial charge in [-0.2, -0.15) is 0 Å². The molecule has 0 spiro atoms. The zero-order valence-electron chi connectivity index (χ0n) is 16.1. The number of hydrogen-bond acceptors (Lipinski definition) is 2. The summed E-state index contributed by atoms with van der Waals surface area (Å²) in [6.07, 6.45) is 2.36. The second-order valence-electron chi connectivity index (χ2n) is 7.97. The van der Waals surface area contributed by atoms with Crippen LogP contribution in [0.5, 0.6) is 0 Å². The normalized spacial score (nSPS) is 25.9. The molecule has 1 aromatic rings. The largest absolute Gasteiger partial charge is 0.338 e. The standard InChI is InChI=1S/C20H29ClN4O2/c1-16-5-4-8-25(13-16)20(27)15-24-11-9-23(10-12-24)14-19(26)22-18-7-3-2-6-17(18)21/h2-3,6-7,16H,4-5,8-15H2,1H3,(H,22,26)/p+2/t16-/m1/s1. The first-order valence-electron chi connectivity index (χ1n) is 10.0. The first-order chi connectivity index (χ1) is 13.0. The summed E-state index contributed by atoms with van der Waals surface area (Å²) in [5.41, 5.74) is 0.661. The van der Waals surface area contributed by atoms with Crippen LogP contribution in [-0.4, -0.2) is 69.1 Å². The molecule has 2 fully saturated rings. The van der Waals surface area contributed by atoms with Gasteiger partial charge in [-0.15, -0.1) is 0 Å². The molecule has 2 amide bonds. The van der Waals surface area contributed by atoms with Crippen LogP contribution in [0, 0.1) is 5.92 Å². The van der Waals surface area contributed by atoms with Crippen LogP contribution in [-0.2, 0) is 9.59 Å². The van der Waals surface area contributed by atoms with Crippen molar-refractivity contribution in [1.82, 2.24) is 4.90 Å². The van der Waals surface area contributed by atoms with Gasteiger partial charge in [0.1, 0.15) is 26.2 Å². The van der Waals surface area contributed by atoms with Gasteiger partial charge in [0.2, 0.25) is 0 Å². The van der Waals surface area contributed by atoms with Crippen molar-refractivity contribution < 1.29 is 19.4 Å². The van der Waals surface area contributed by atoms with Gasteiger partial charge in [-0.25, -0.2) is 0 Å². The molecule has 148 valence electrons. The van der Waals surface area contributed by atoms with E-state index >= 15 is 0 Å². The number of carbonyl (C=O) groups is 2. The Labute approximate surface area is 166 Å². The van der Waals surface area contributed by atoms with Gasteiger partial charge >= 0.3 is 0 Å². The lowest BCUT2D eigenvalue weighted by Gasteiger charge is -2.33. The molecule has 2 aliphatic heterocycles. The number of nitrogens with zero attached hydrogens (tertiary/aromatic N) is 1. The molecule has 0 bridgehead atoms. The van der Waals surface area contributed by atoms with Crippen LogP contribution in [0.25, 0.3) is 0 Å². The molecule has 2 saturated heterocycles. The van der Waals surface area contributed by atoms with E-state index < -0.39 is 0 Å². The fourth-order valence-corrected chi connectivity index (χ4v) is 4.22. The van der Waals surface area contributed by atoms with Crippen LogP contribution in [0.4, 0.5) is 5.69 Å². The number of amides is 2. The molecule has 2 heterocycles. The number of quaternary nitrogens is 2. The molecular formula is C20H31ClN4O2+2. The van der Waals surface area contributed by atoms with Crippen LogP contribution < -0.4 is 15.1 Å². The van der Waals surface area contributed by atoms with E-state index in [1.807, 2.05) is 23.1 Å². The number of nitrogens with one attached hydrogen (secondary N) is 3. The van der Waals surface area contributed by atoms with Gasteiger partial charge in [-0.1, -0.05) is 30.7 Å². The summed E-state index contributed by atoms with van der Waals surface area (Å²) in [5.74, 6) is 0.895. The Bertz CT molecular complexity index is 661. The van der Waals surface area contributed by atoms with E-state index in [2.05, 4.69) is 12.2 Å². The molecular weight excluding hydrogens is 364 g/mol. The Balaban J connectivity index is 1.39. The lowest BCUT2D eigenvalue weighted by molar-refractivity contribution is -1.00.